The predicted octanol–water partition coefficient (Wildman–Crippen LogP) is 2.38. The molecule has 0 heterocycles. The minimum atomic E-state index is 0.206. The molecule has 0 aromatic rings. The molecule has 0 bridgehead atoms. The Labute approximate surface area is 135 Å². The highest BCUT2D eigenvalue weighted by Crippen LogP contribution is 2.43. The summed E-state index contributed by atoms with van der Waals surface area (Å²) >= 11 is 0. The summed E-state index contributed by atoms with van der Waals surface area (Å²) in [5.74, 6) is 1.05. The number of nitrogens with one attached hydrogen (secondary N) is 2. The number of carbonyl (C=O) groups is 1. The predicted molar refractivity (Wildman–Crippen MR) is 93.1 cm³/mol. The molecule has 1 saturated carbocycles. The number of hydrogen-bond acceptors (Lipinski definition) is 2. The van der Waals surface area contributed by atoms with Crippen LogP contribution in [0.4, 0.5) is 0 Å². The van der Waals surface area contributed by atoms with Gasteiger partial charge in [0, 0.05) is 39.1 Å². The van der Waals surface area contributed by atoms with Crippen LogP contribution in [0.5, 0.6) is 0 Å². The zero-order chi connectivity index (χ0) is 16.4. The Balaban J connectivity index is 2.42. The third kappa shape index (κ3) is 5.50. The number of nitrogens with zero attached hydrogens (tertiary/aromatic N) is 2. The summed E-state index contributed by atoms with van der Waals surface area (Å²) in [4.78, 5) is 18.6. The Hall–Kier alpha value is -1.26. The maximum Gasteiger partial charge on any atom is 0.224 e. The number of hydrogen-bond donors (Lipinski definition) is 2. The second-order valence-corrected chi connectivity index (χ2v) is 6.15. The SMILES string of the molecule is CCNC(=NCC1(CC)CCC1)NCCC(=O)N(CC)CC. The minimum absolute atomic E-state index is 0.206. The van der Waals surface area contributed by atoms with Gasteiger partial charge in [0.05, 0.1) is 0 Å². The minimum Gasteiger partial charge on any atom is -0.357 e. The van der Waals surface area contributed by atoms with Crippen molar-refractivity contribution >= 4 is 11.9 Å². The van der Waals surface area contributed by atoms with E-state index in [4.69, 9.17) is 4.99 Å². The summed E-state index contributed by atoms with van der Waals surface area (Å²) in [6.45, 7) is 12.3. The van der Waals surface area contributed by atoms with Crippen LogP contribution in [-0.4, -0.2) is 49.5 Å². The first kappa shape index (κ1) is 18.8. The Bertz CT molecular complexity index is 354. The number of guanidine groups is 1. The first-order chi connectivity index (χ1) is 10.6. The molecule has 0 aromatic heterocycles. The molecular weight excluding hydrogens is 276 g/mol. The molecule has 0 radical (unpaired) electrons. The first-order valence-corrected chi connectivity index (χ1v) is 8.90. The summed E-state index contributed by atoms with van der Waals surface area (Å²) in [7, 11) is 0. The van der Waals surface area contributed by atoms with Crippen molar-refractivity contribution in [3.8, 4) is 0 Å². The van der Waals surface area contributed by atoms with Crippen LogP contribution < -0.4 is 10.6 Å². The first-order valence-electron chi connectivity index (χ1n) is 8.90. The van der Waals surface area contributed by atoms with Crippen LogP contribution in [0, 0.1) is 5.41 Å². The molecule has 1 aliphatic rings. The topological polar surface area (TPSA) is 56.7 Å². The van der Waals surface area contributed by atoms with Crippen molar-refractivity contribution in [1.82, 2.24) is 15.5 Å². The molecule has 1 aliphatic carbocycles. The van der Waals surface area contributed by atoms with Crippen LogP contribution >= 0.6 is 0 Å². The van der Waals surface area contributed by atoms with Gasteiger partial charge in [0.2, 0.25) is 5.91 Å². The highest BCUT2D eigenvalue weighted by molar-refractivity contribution is 5.81. The third-order valence-electron chi connectivity index (χ3n) is 4.83. The fourth-order valence-corrected chi connectivity index (χ4v) is 2.91. The van der Waals surface area contributed by atoms with Gasteiger partial charge < -0.3 is 15.5 Å². The summed E-state index contributed by atoms with van der Waals surface area (Å²) < 4.78 is 0. The van der Waals surface area contributed by atoms with Gasteiger partial charge in [0.1, 0.15) is 0 Å². The summed E-state index contributed by atoms with van der Waals surface area (Å²) in [6, 6.07) is 0. The van der Waals surface area contributed by atoms with Crippen molar-refractivity contribution in [3.05, 3.63) is 0 Å². The number of aliphatic imine (C=N–C) groups is 1. The van der Waals surface area contributed by atoms with Crippen molar-refractivity contribution in [2.75, 3.05) is 32.7 Å². The Kier molecular flexibility index (Phi) is 8.28. The molecule has 5 heteroatoms. The van der Waals surface area contributed by atoms with E-state index in [9.17, 15) is 4.79 Å². The van der Waals surface area contributed by atoms with Crippen LogP contribution in [0.15, 0.2) is 4.99 Å². The van der Waals surface area contributed by atoms with Crippen LogP contribution in [0.2, 0.25) is 0 Å². The molecule has 22 heavy (non-hydrogen) atoms. The number of carbonyl (C=O) groups excluding carboxylic acids is 1. The molecule has 5 nitrogen and oxygen atoms in total. The number of rotatable bonds is 9. The summed E-state index contributed by atoms with van der Waals surface area (Å²) in [5, 5.41) is 6.56. The summed E-state index contributed by atoms with van der Waals surface area (Å²) in [6.07, 6.45) is 5.66. The van der Waals surface area contributed by atoms with Crippen LogP contribution in [0.25, 0.3) is 0 Å². The van der Waals surface area contributed by atoms with Gasteiger partial charge >= 0.3 is 0 Å². The second kappa shape index (κ2) is 9.70. The highest BCUT2D eigenvalue weighted by Gasteiger charge is 2.34. The van der Waals surface area contributed by atoms with Gasteiger partial charge in [-0.05, 0) is 45.4 Å². The van der Waals surface area contributed by atoms with E-state index in [1.165, 1.54) is 25.7 Å². The molecule has 1 rings (SSSR count). The van der Waals surface area contributed by atoms with Gasteiger partial charge in [0.25, 0.3) is 0 Å². The van der Waals surface area contributed by atoms with E-state index >= 15 is 0 Å². The zero-order valence-electron chi connectivity index (χ0n) is 14.9. The highest BCUT2D eigenvalue weighted by atomic mass is 16.2. The van der Waals surface area contributed by atoms with E-state index in [0.717, 1.165) is 32.1 Å². The van der Waals surface area contributed by atoms with E-state index in [1.807, 2.05) is 18.7 Å². The Morgan fingerprint density at radius 2 is 1.82 bits per heavy atom. The molecule has 0 aliphatic heterocycles. The van der Waals surface area contributed by atoms with Gasteiger partial charge in [-0.3, -0.25) is 9.79 Å². The largest absolute Gasteiger partial charge is 0.357 e. The van der Waals surface area contributed by atoms with Gasteiger partial charge in [-0.2, -0.15) is 0 Å². The fourth-order valence-electron chi connectivity index (χ4n) is 2.91. The summed E-state index contributed by atoms with van der Waals surface area (Å²) in [5.41, 5.74) is 0.430. The van der Waals surface area contributed by atoms with Crippen LogP contribution in [-0.2, 0) is 4.79 Å². The molecular formula is C17H34N4O. The molecule has 1 fully saturated rings. The van der Waals surface area contributed by atoms with E-state index < -0.39 is 0 Å². The van der Waals surface area contributed by atoms with Crippen LogP contribution in [0.3, 0.4) is 0 Å². The lowest BCUT2D eigenvalue weighted by Crippen LogP contribution is -2.41. The van der Waals surface area contributed by atoms with Crippen molar-refractivity contribution < 1.29 is 4.79 Å². The molecule has 128 valence electrons. The van der Waals surface area contributed by atoms with Crippen molar-refractivity contribution in [3.63, 3.8) is 0 Å². The fraction of sp³-hybridized carbons (Fsp3) is 0.882. The zero-order valence-corrected chi connectivity index (χ0v) is 14.9. The monoisotopic (exact) mass is 310 g/mol. The lowest BCUT2D eigenvalue weighted by Gasteiger charge is -2.40. The standard InChI is InChI=1S/C17H34N4O/c1-5-17(11-9-12-17)14-20-16(18-6-2)19-13-10-15(22)21(7-3)8-4/h5-14H2,1-4H3,(H2,18,19,20). The normalized spacial score (nSPS) is 16.8. The smallest absolute Gasteiger partial charge is 0.224 e. The quantitative estimate of drug-likeness (QED) is 0.508. The van der Waals surface area contributed by atoms with Crippen molar-refractivity contribution in [2.24, 2.45) is 10.4 Å². The molecule has 0 spiro atoms. The molecule has 0 atom stereocenters. The molecule has 2 N–H and O–H groups in total. The van der Waals surface area contributed by atoms with Crippen molar-refractivity contribution in [2.45, 2.75) is 59.8 Å². The van der Waals surface area contributed by atoms with E-state index in [-0.39, 0.29) is 5.91 Å². The van der Waals surface area contributed by atoms with E-state index in [2.05, 4.69) is 24.5 Å². The molecule has 0 saturated heterocycles. The third-order valence-corrected chi connectivity index (χ3v) is 4.83. The maximum absolute atomic E-state index is 12.0. The Morgan fingerprint density at radius 1 is 1.14 bits per heavy atom. The Morgan fingerprint density at radius 3 is 2.27 bits per heavy atom. The van der Waals surface area contributed by atoms with Gasteiger partial charge in [0.15, 0.2) is 5.96 Å². The lowest BCUT2D eigenvalue weighted by atomic mass is 9.67. The average molecular weight is 310 g/mol. The van der Waals surface area contributed by atoms with Gasteiger partial charge in [-0.15, -0.1) is 0 Å². The molecule has 1 amide bonds. The number of amides is 1. The van der Waals surface area contributed by atoms with Gasteiger partial charge in [-0.25, -0.2) is 0 Å². The van der Waals surface area contributed by atoms with Crippen molar-refractivity contribution in [1.29, 1.82) is 0 Å². The second-order valence-electron chi connectivity index (χ2n) is 6.15. The van der Waals surface area contributed by atoms with Crippen LogP contribution in [0.1, 0.15) is 59.8 Å². The van der Waals surface area contributed by atoms with Gasteiger partial charge in [-0.1, -0.05) is 13.3 Å². The van der Waals surface area contributed by atoms with E-state index in [1.54, 1.807) is 0 Å². The average Bonchev–Trinajstić information content (AvgIpc) is 2.47. The molecule has 0 aromatic carbocycles. The van der Waals surface area contributed by atoms with E-state index in [0.29, 0.717) is 18.4 Å². The lowest BCUT2D eigenvalue weighted by molar-refractivity contribution is -0.130. The molecule has 0 unspecified atom stereocenters. The maximum atomic E-state index is 12.0.